The van der Waals surface area contributed by atoms with Gasteiger partial charge in [-0.05, 0) is 49.2 Å². The van der Waals surface area contributed by atoms with Gasteiger partial charge >= 0.3 is 5.97 Å². The second kappa shape index (κ2) is 5.84. The third-order valence-electron chi connectivity index (χ3n) is 6.97. The molecule has 1 aliphatic heterocycles. The topological polar surface area (TPSA) is 35.5 Å². The van der Waals surface area contributed by atoms with E-state index in [2.05, 4.69) is 52.6 Å². The molecular weight excluding hydrogens is 316 g/mol. The molecule has 2 bridgehead atoms. The third-order valence-corrected chi connectivity index (χ3v) is 11.5. The molecule has 0 N–H and O–H groups in total. The van der Waals surface area contributed by atoms with Crippen molar-refractivity contribution in [2.45, 2.75) is 64.3 Å². The van der Waals surface area contributed by atoms with E-state index >= 15 is 0 Å². The molecule has 0 amide bonds. The summed E-state index contributed by atoms with van der Waals surface area (Å²) in [6.45, 7) is 15.8. The summed E-state index contributed by atoms with van der Waals surface area (Å²) in [5.74, 6) is 1.03. The van der Waals surface area contributed by atoms with Crippen LogP contribution in [0.4, 0.5) is 0 Å². The summed E-state index contributed by atoms with van der Waals surface area (Å²) in [6, 6.07) is 0. The first kappa shape index (κ1) is 17.9. The van der Waals surface area contributed by atoms with E-state index in [0.29, 0.717) is 18.4 Å². The largest absolute Gasteiger partial charge is 0.465 e. The van der Waals surface area contributed by atoms with Crippen LogP contribution < -0.4 is 0 Å². The Kier molecular flexibility index (Phi) is 4.36. The minimum absolute atomic E-state index is 0.0113. The van der Waals surface area contributed by atoms with Gasteiger partial charge in [0.25, 0.3) is 0 Å². The van der Waals surface area contributed by atoms with Crippen LogP contribution in [-0.2, 0) is 14.0 Å². The van der Waals surface area contributed by atoms with Crippen LogP contribution in [0.3, 0.4) is 0 Å². The van der Waals surface area contributed by atoms with Gasteiger partial charge in [-0.3, -0.25) is 4.79 Å². The quantitative estimate of drug-likeness (QED) is 0.410. The monoisotopic (exact) mass is 348 g/mol. The van der Waals surface area contributed by atoms with E-state index in [9.17, 15) is 4.79 Å². The maximum atomic E-state index is 12.7. The Bertz CT molecular complexity index is 560. The standard InChI is InChI=1S/C20H32O3Si/c1-7-8-17(23-24(5,6)19(2,3)4)16-13-22-18(21)20(16)12-14-9-10-15(20)11-14/h7,9-10,14-17H,1,8,11-13H2,2-6H3/t14-,15+,16+,17?,20+/m0/s1. The van der Waals surface area contributed by atoms with Crippen LogP contribution in [0.2, 0.25) is 18.1 Å². The van der Waals surface area contributed by atoms with Crippen molar-refractivity contribution in [3.05, 3.63) is 24.8 Å². The van der Waals surface area contributed by atoms with E-state index in [0.717, 1.165) is 19.3 Å². The van der Waals surface area contributed by atoms with Gasteiger partial charge in [0.1, 0.15) is 0 Å². The molecule has 3 rings (SSSR count). The van der Waals surface area contributed by atoms with Gasteiger partial charge in [0.05, 0.1) is 18.1 Å². The van der Waals surface area contributed by atoms with Crippen molar-refractivity contribution in [2.24, 2.45) is 23.2 Å². The highest BCUT2D eigenvalue weighted by Crippen LogP contribution is 2.60. The molecule has 1 saturated carbocycles. The van der Waals surface area contributed by atoms with Crippen LogP contribution in [0, 0.1) is 23.2 Å². The molecule has 1 heterocycles. The summed E-state index contributed by atoms with van der Waals surface area (Å²) in [5.41, 5.74) is -0.352. The third kappa shape index (κ3) is 2.62. The Morgan fingerprint density at radius 2 is 2.17 bits per heavy atom. The molecule has 0 aromatic carbocycles. The van der Waals surface area contributed by atoms with Gasteiger partial charge in [0.15, 0.2) is 8.32 Å². The minimum Gasteiger partial charge on any atom is -0.465 e. The maximum absolute atomic E-state index is 12.7. The lowest BCUT2D eigenvalue weighted by molar-refractivity contribution is -0.148. The molecular formula is C20H32O3Si. The van der Waals surface area contributed by atoms with Gasteiger partial charge in [-0.1, -0.05) is 39.0 Å². The number of fused-ring (bicyclic) bond motifs is 3. The average Bonchev–Trinajstić information content (AvgIpc) is 3.14. The predicted molar refractivity (Wildman–Crippen MR) is 99.1 cm³/mol. The Balaban J connectivity index is 1.90. The van der Waals surface area contributed by atoms with Crippen molar-refractivity contribution in [3.8, 4) is 0 Å². The maximum Gasteiger partial charge on any atom is 0.313 e. The van der Waals surface area contributed by atoms with E-state index in [1.807, 2.05) is 6.08 Å². The number of carbonyl (C=O) groups excluding carboxylic acids is 1. The Morgan fingerprint density at radius 3 is 2.67 bits per heavy atom. The van der Waals surface area contributed by atoms with Gasteiger partial charge in [-0.15, -0.1) is 6.58 Å². The van der Waals surface area contributed by atoms with Gasteiger partial charge in [-0.2, -0.15) is 0 Å². The highest BCUT2D eigenvalue weighted by atomic mass is 28.4. The Morgan fingerprint density at radius 1 is 1.46 bits per heavy atom. The van der Waals surface area contributed by atoms with Crippen molar-refractivity contribution in [1.82, 2.24) is 0 Å². The highest BCUT2D eigenvalue weighted by molar-refractivity contribution is 6.74. The Labute approximate surface area is 147 Å². The average molecular weight is 349 g/mol. The predicted octanol–water partition coefficient (Wildman–Crippen LogP) is 4.71. The first-order valence-electron chi connectivity index (χ1n) is 9.26. The molecule has 2 aliphatic carbocycles. The molecule has 4 heteroatoms. The molecule has 3 aliphatic rings. The summed E-state index contributed by atoms with van der Waals surface area (Å²) in [5, 5.41) is 0.150. The summed E-state index contributed by atoms with van der Waals surface area (Å²) in [6.07, 6.45) is 9.34. The van der Waals surface area contributed by atoms with Crippen molar-refractivity contribution in [2.75, 3.05) is 6.61 Å². The second-order valence-corrected chi connectivity index (χ2v) is 14.1. The molecule has 134 valence electrons. The van der Waals surface area contributed by atoms with Crippen LogP contribution in [-0.4, -0.2) is 27.0 Å². The number of allylic oxidation sites excluding steroid dienone is 2. The van der Waals surface area contributed by atoms with Crippen molar-refractivity contribution in [1.29, 1.82) is 0 Å². The molecule has 0 aromatic rings. The fraction of sp³-hybridized carbons (Fsp3) is 0.750. The Hall–Kier alpha value is -0.873. The van der Waals surface area contributed by atoms with E-state index in [1.54, 1.807) is 0 Å². The fourth-order valence-corrected chi connectivity index (χ4v) is 5.98. The van der Waals surface area contributed by atoms with E-state index in [4.69, 9.17) is 9.16 Å². The molecule has 1 spiro atoms. The first-order valence-corrected chi connectivity index (χ1v) is 12.2. The highest BCUT2D eigenvalue weighted by Gasteiger charge is 2.64. The van der Waals surface area contributed by atoms with Gasteiger partial charge in [-0.25, -0.2) is 0 Å². The number of hydrogen-bond acceptors (Lipinski definition) is 3. The summed E-state index contributed by atoms with van der Waals surface area (Å²) >= 11 is 0. The second-order valence-electron chi connectivity index (χ2n) is 9.38. The normalized spacial score (nSPS) is 36.4. The van der Waals surface area contributed by atoms with Gasteiger partial charge in [0.2, 0.25) is 0 Å². The smallest absolute Gasteiger partial charge is 0.313 e. The molecule has 5 atom stereocenters. The van der Waals surface area contributed by atoms with Crippen LogP contribution in [0.1, 0.15) is 40.0 Å². The van der Waals surface area contributed by atoms with Crippen molar-refractivity contribution >= 4 is 14.3 Å². The molecule has 24 heavy (non-hydrogen) atoms. The molecule has 3 nitrogen and oxygen atoms in total. The zero-order valence-corrected chi connectivity index (χ0v) is 16.8. The zero-order valence-electron chi connectivity index (χ0n) is 15.8. The van der Waals surface area contributed by atoms with Crippen LogP contribution >= 0.6 is 0 Å². The summed E-state index contributed by atoms with van der Waals surface area (Å²) < 4.78 is 12.4. The molecule has 1 unspecified atom stereocenters. The zero-order chi connectivity index (χ0) is 17.8. The summed E-state index contributed by atoms with van der Waals surface area (Å²) in [4.78, 5) is 12.7. The SMILES string of the molecule is C=CCC(O[Si](C)(C)C(C)(C)C)[C@H]1COC(=O)[C@@]12C[C@H]1C=C[C@@H]2C1. The fourth-order valence-electron chi connectivity index (χ4n) is 4.61. The lowest BCUT2D eigenvalue weighted by atomic mass is 9.66. The van der Waals surface area contributed by atoms with Gasteiger partial charge in [0, 0.05) is 5.92 Å². The lowest BCUT2D eigenvalue weighted by Gasteiger charge is -2.44. The number of esters is 1. The number of rotatable bonds is 5. The molecule has 2 fully saturated rings. The molecule has 0 aromatic heterocycles. The number of carbonyl (C=O) groups is 1. The van der Waals surface area contributed by atoms with Crippen LogP contribution in [0.25, 0.3) is 0 Å². The summed E-state index contributed by atoms with van der Waals surface area (Å²) in [7, 11) is -1.92. The van der Waals surface area contributed by atoms with E-state index in [1.165, 1.54) is 0 Å². The van der Waals surface area contributed by atoms with Crippen LogP contribution in [0.5, 0.6) is 0 Å². The minimum atomic E-state index is -1.92. The van der Waals surface area contributed by atoms with Gasteiger partial charge < -0.3 is 9.16 Å². The lowest BCUT2D eigenvalue weighted by Crippen LogP contribution is -2.50. The molecule has 0 radical (unpaired) electrons. The molecule has 1 saturated heterocycles. The van der Waals surface area contributed by atoms with E-state index in [-0.39, 0.29) is 28.4 Å². The van der Waals surface area contributed by atoms with Crippen molar-refractivity contribution in [3.63, 3.8) is 0 Å². The number of cyclic esters (lactones) is 1. The number of hydrogen-bond donors (Lipinski definition) is 0. The first-order chi connectivity index (χ1) is 11.1. The number of ether oxygens (including phenoxy) is 1. The van der Waals surface area contributed by atoms with E-state index < -0.39 is 8.32 Å². The van der Waals surface area contributed by atoms with Crippen LogP contribution in [0.15, 0.2) is 24.8 Å². The van der Waals surface area contributed by atoms with Crippen molar-refractivity contribution < 1.29 is 14.0 Å².